The van der Waals surface area contributed by atoms with Crippen LogP contribution < -0.4 is 10.1 Å². The molecule has 0 atom stereocenters. The Balaban J connectivity index is 2.05. The maximum Gasteiger partial charge on any atom is 0.147 e. The highest BCUT2D eigenvalue weighted by molar-refractivity contribution is 9.10. The minimum Gasteiger partial charge on any atom is -0.488 e. The molecule has 1 heterocycles. The van der Waals surface area contributed by atoms with Crippen molar-refractivity contribution in [1.82, 2.24) is 10.3 Å². The minimum absolute atomic E-state index is 0.321. The number of aromatic nitrogens is 1. The van der Waals surface area contributed by atoms with E-state index in [9.17, 15) is 0 Å². The van der Waals surface area contributed by atoms with Crippen molar-refractivity contribution in [3.8, 4) is 11.8 Å². The van der Waals surface area contributed by atoms with Crippen molar-refractivity contribution in [3.05, 3.63) is 57.8 Å². The Morgan fingerprint density at radius 3 is 2.95 bits per heavy atom. The Bertz CT molecular complexity index is 652. The average Bonchev–Trinajstić information content (AvgIpc) is 2.52. The van der Waals surface area contributed by atoms with Crippen molar-refractivity contribution in [2.24, 2.45) is 0 Å². The maximum absolute atomic E-state index is 9.00. The topological polar surface area (TPSA) is 57.9 Å². The molecular formula is C16H16BrN3O. The number of halogens is 1. The van der Waals surface area contributed by atoms with E-state index in [-0.39, 0.29) is 0 Å². The lowest BCUT2D eigenvalue weighted by Crippen LogP contribution is -2.11. The molecule has 108 valence electrons. The molecule has 0 aliphatic rings. The van der Waals surface area contributed by atoms with Gasteiger partial charge in [-0.3, -0.25) is 0 Å². The van der Waals surface area contributed by atoms with E-state index in [0.29, 0.717) is 12.3 Å². The lowest BCUT2D eigenvalue weighted by Gasteiger charge is -2.10. The number of hydrogen-bond acceptors (Lipinski definition) is 4. The number of pyridine rings is 1. The van der Waals surface area contributed by atoms with Crippen LogP contribution >= 0.6 is 15.9 Å². The van der Waals surface area contributed by atoms with Gasteiger partial charge in [-0.05, 0) is 46.2 Å². The maximum atomic E-state index is 9.00. The summed E-state index contributed by atoms with van der Waals surface area (Å²) in [5.41, 5.74) is 2.37. The van der Waals surface area contributed by atoms with E-state index < -0.39 is 0 Å². The summed E-state index contributed by atoms with van der Waals surface area (Å²) in [7, 11) is 0. The van der Waals surface area contributed by atoms with E-state index in [0.717, 1.165) is 28.9 Å². The Hall–Kier alpha value is -1.90. The summed E-state index contributed by atoms with van der Waals surface area (Å²) in [6.45, 7) is 4.17. The molecule has 4 nitrogen and oxygen atoms in total. The van der Waals surface area contributed by atoms with Crippen LogP contribution in [0.1, 0.15) is 23.7 Å². The van der Waals surface area contributed by atoms with Crippen LogP contribution in [0.5, 0.6) is 5.75 Å². The van der Waals surface area contributed by atoms with Crippen molar-refractivity contribution < 1.29 is 4.74 Å². The summed E-state index contributed by atoms with van der Waals surface area (Å²) in [6.07, 6.45) is 1.60. The molecule has 0 unspecified atom stereocenters. The number of nitriles is 1. The summed E-state index contributed by atoms with van der Waals surface area (Å²) >= 11 is 3.51. The average molecular weight is 346 g/mol. The van der Waals surface area contributed by atoms with Gasteiger partial charge in [-0.15, -0.1) is 0 Å². The number of hydrogen-bond donors (Lipinski definition) is 1. The molecule has 0 saturated carbocycles. The first-order valence-corrected chi connectivity index (χ1v) is 7.49. The zero-order valence-corrected chi connectivity index (χ0v) is 13.4. The van der Waals surface area contributed by atoms with Crippen LogP contribution in [0.25, 0.3) is 0 Å². The molecule has 0 aliphatic heterocycles. The van der Waals surface area contributed by atoms with Gasteiger partial charge >= 0.3 is 0 Å². The normalized spacial score (nSPS) is 10.1. The smallest absolute Gasteiger partial charge is 0.147 e. The molecule has 1 aromatic carbocycles. The van der Waals surface area contributed by atoms with Gasteiger partial charge < -0.3 is 10.1 Å². The van der Waals surface area contributed by atoms with Crippen molar-refractivity contribution in [2.45, 2.75) is 20.1 Å². The van der Waals surface area contributed by atoms with Crippen molar-refractivity contribution in [2.75, 3.05) is 6.54 Å². The number of benzene rings is 1. The highest BCUT2D eigenvalue weighted by atomic mass is 79.9. The Morgan fingerprint density at radius 1 is 1.38 bits per heavy atom. The lowest BCUT2D eigenvalue weighted by molar-refractivity contribution is 0.303. The Kier molecular flexibility index (Phi) is 5.73. The number of nitrogens with one attached hydrogen (secondary N) is 1. The van der Waals surface area contributed by atoms with Gasteiger partial charge in [0, 0.05) is 18.3 Å². The van der Waals surface area contributed by atoms with E-state index in [1.807, 2.05) is 24.3 Å². The van der Waals surface area contributed by atoms with Crippen LogP contribution in [-0.4, -0.2) is 11.5 Å². The van der Waals surface area contributed by atoms with Gasteiger partial charge in [0.15, 0.2) is 0 Å². The molecule has 0 fully saturated rings. The highest BCUT2D eigenvalue weighted by Gasteiger charge is 2.06. The molecule has 21 heavy (non-hydrogen) atoms. The fourth-order valence-electron chi connectivity index (χ4n) is 1.85. The second-order valence-corrected chi connectivity index (χ2v) is 5.31. The molecule has 2 rings (SSSR count). The van der Waals surface area contributed by atoms with Crippen LogP contribution in [-0.2, 0) is 13.2 Å². The van der Waals surface area contributed by atoms with Gasteiger partial charge in [-0.2, -0.15) is 5.26 Å². The van der Waals surface area contributed by atoms with Gasteiger partial charge in [-0.25, -0.2) is 4.98 Å². The number of rotatable bonds is 6. The third-order valence-electron chi connectivity index (χ3n) is 2.96. The van der Waals surface area contributed by atoms with E-state index in [1.54, 1.807) is 12.3 Å². The minimum atomic E-state index is 0.321. The second-order valence-electron chi connectivity index (χ2n) is 4.46. The fraction of sp³-hybridized carbons (Fsp3) is 0.250. The van der Waals surface area contributed by atoms with Crippen LogP contribution in [0.3, 0.4) is 0 Å². The molecule has 0 aliphatic carbocycles. The lowest BCUT2D eigenvalue weighted by atomic mass is 10.2. The van der Waals surface area contributed by atoms with Gasteiger partial charge in [0.2, 0.25) is 0 Å². The summed E-state index contributed by atoms with van der Waals surface area (Å²) in [5.74, 6) is 0.753. The third-order valence-corrected chi connectivity index (χ3v) is 3.58. The van der Waals surface area contributed by atoms with E-state index in [1.165, 1.54) is 5.56 Å². The van der Waals surface area contributed by atoms with Crippen molar-refractivity contribution in [1.29, 1.82) is 5.26 Å². The van der Waals surface area contributed by atoms with Crippen molar-refractivity contribution >= 4 is 15.9 Å². The van der Waals surface area contributed by atoms with Crippen molar-refractivity contribution in [3.63, 3.8) is 0 Å². The molecule has 0 radical (unpaired) electrons. The SMILES string of the molecule is CCNCc1ccc(OCc2cccnc2C#N)c(Br)c1. The molecule has 0 bridgehead atoms. The first-order chi connectivity index (χ1) is 10.2. The Morgan fingerprint density at radius 2 is 2.24 bits per heavy atom. The second kappa shape index (κ2) is 7.77. The van der Waals surface area contributed by atoms with Gasteiger partial charge in [0.1, 0.15) is 24.1 Å². The predicted octanol–water partition coefficient (Wildman–Crippen LogP) is 3.40. The summed E-state index contributed by atoms with van der Waals surface area (Å²) in [4.78, 5) is 4.02. The molecule has 0 amide bonds. The zero-order valence-electron chi connectivity index (χ0n) is 11.8. The summed E-state index contributed by atoms with van der Waals surface area (Å²) < 4.78 is 6.67. The van der Waals surface area contributed by atoms with Gasteiger partial charge in [0.25, 0.3) is 0 Å². The van der Waals surface area contributed by atoms with Crippen LogP contribution in [0.15, 0.2) is 41.0 Å². The number of nitrogens with zero attached hydrogens (tertiary/aromatic N) is 2. The quantitative estimate of drug-likeness (QED) is 0.871. The predicted molar refractivity (Wildman–Crippen MR) is 84.8 cm³/mol. The Labute approximate surface area is 132 Å². The largest absolute Gasteiger partial charge is 0.488 e. The highest BCUT2D eigenvalue weighted by Crippen LogP contribution is 2.27. The molecule has 0 saturated heterocycles. The molecule has 1 N–H and O–H groups in total. The van der Waals surface area contributed by atoms with Crippen LogP contribution in [0.2, 0.25) is 0 Å². The van der Waals surface area contributed by atoms with Gasteiger partial charge in [0.05, 0.1) is 4.47 Å². The van der Waals surface area contributed by atoms with Crippen LogP contribution in [0.4, 0.5) is 0 Å². The molecule has 1 aromatic heterocycles. The third kappa shape index (κ3) is 4.28. The first kappa shape index (κ1) is 15.5. The summed E-state index contributed by atoms with van der Waals surface area (Å²) in [5, 5.41) is 12.3. The van der Waals surface area contributed by atoms with E-state index in [4.69, 9.17) is 10.00 Å². The summed E-state index contributed by atoms with van der Waals surface area (Å²) in [6, 6.07) is 11.7. The molecule has 0 spiro atoms. The standard InChI is InChI=1S/C16H16BrN3O/c1-2-19-10-12-5-6-16(14(17)8-12)21-11-13-4-3-7-20-15(13)9-18/h3-8,19H,2,10-11H2,1H3. The number of ether oxygens (including phenoxy) is 1. The first-order valence-electron chi connectivity index (χ1n) is 6.70. The molecular weight excluding hydrogens is 330 g/mol. The fourth-order valence-corrected chi connectivity index (χ4v) is 2.39. The monoisotopic (exact) mass is 345 g/mol. The van der Waals surface area contributed by atoms with Crippen LogP contribution in [0, 0.1) is 11.3 Å². The molecule has 2 aromatic rings. The molecule has 5 heteroatoms. The van der Waals surface area contributed by atoms with E-state index in [2.05, 4.69) is 39.2 Å². The zero-order chi connectivity index (χ0) is 15.1. The van der Waals surface area contributed by atoms with Gasteiger partial charge in [-0.1, -0.05) is 19.1 Å². The van der Waals surface area contributed by atoms with E-state index >= 15 is 0 Å².